The van der Waals surface area contributed by atoms with Gasteiger partial charge in [0.05, 0.1) is 5.69 Å². The van der Waals surface area contributed by atoms with Gasteiger partial charge in [0, 0.05) is 12.6 Å². The normalized spacial score (nSPS) is 14.2. The molecule has 1 N–H and O–H groups in total. The van der Waals surface area contributed by atoms with Crippen LogP contribution in [0.2, 0.25) is 0 Å². The SMILES string of the molecule is CCC(C)c1nc(N(CC)C(C)CC)sc1C(=O)O. The van der Waals surface area contributed by atoms with Crippen LogP contribution in [-0.4, -0.2) is 28.6 Å². The van der Waals surface area contributed by atoms with E-state index in [0.717, 1.165) is 30.2 Å². The van der Waals surface area contributed by atoms with E-state index in [4.69, 9.17) is 0 Å². The third kappa shape index (κ3) is 3.47. The summed E-state index contributed by atoms with van der Waals surface area (Å²) in [5.74, 6) is -0.675. The summed E-state index contributed by atoms with van der Waals surface area (Å²) < 4.78 is 0. The van der Waals surface area contributed by atoms with Crippen molar-refractivity contribution in [1.82, 2.24) is 4.98 Å². The number of thiazole rings is 1. The van der Waals surface area contributed by atoms with Gasteiger partial charge in [0.15, 0.2) is 5.13 Å². The molecule has 0 spiro atoms. The number of carbonyl (C=O) groups is 1. The number of hydrogen-bond acceptors (Lipinski definition) is 4. The summed E-state index contributed by atoms with van der Waals surface area (Å²) in [6.45, 7) is 11.3. The molecule has 2 atom stereocenters. The van der Waals surface area contributed by atoms with Gasteiger partial charge in [-0.15, -0.1) is 0 Å². The Balaban J connectivity index is 3.19. The lowest BCUT2D eigenvalue weighted by atomic mass is 10.0. The molecule has 0 bridgehead atoms. The first kappa shape index (κ1) is 16.0. The van der Waals surface area contributed by atoms with Crippen LogP contribution >= 0.6 is 11.3 Å². The van der Waals surface area contributed by atoms with E-state index in [1.54, 1.807) is 0 Å². The molecule has 0 saturated heterocycles. The van der Waals surface area contributed by atoms with Gasteiger partial charge >= 0.3 is 5.97 Å². The molecule has 0 aliphatic rings. The maximum atomic E-state index is 11.4. The molecule has 19 heavy (non-hydrogen) atoms. The van der Waals surface area contributed by atoms with Crippen LogP contribution in [0.25, 0.3) is 0 Å². The number of rotatable bonds is 7. The van der Waals surface area contributed by atoms with E-state index in [1.165, 1.54) is 11.3 Å². The van der Waals surface area contributed by atoms with Gasteiger partial charge in [-0.2, -0.15) is 0 Å². The molecule has 0 aliphatic carbocycles. The number of aromatic carboxylic acids is 1. The molecular formula is C14H24N2O2S. The van der Waals surface area contributed by atoms with Crippen molar-refractivity contribution in [2.24, 2.45) is 0 Å². The number of aromatic nitrogens is 1. The summed E-state index contributed by atoms with van der Waals surface area (Å²) in [6.07, 6.45) is 1.92. The zero-order valence-electron chi connectivity index (χ0n) is 12.4. The predicted molar refractivity (Wildman–Crippen MR) is 80.6 cm³/mol. The molecule has 108 valence electrons. The molecule has 1 rings (SSSR count). The number of carboxylic acids is 1. The Hall–Kier alpha value is -1.10. The van der Waals surface area contributed by atoms with Crippen LogP contribution in [0.4, 0.5) is 5.13 Å². The van der Waals surface area contributed by atoms with Gasteiger partial charge in [-0.3, -0.25) is 0 Å². The van der Waals surface area contributed by atoms with E-state index in [2.05, 4.69) is 37.6 Å². The van der Waals surface area contributed by atoms with Crippen molar-refractivity contribution in [3.8, 4) is 0 Å². The molecule has 0 amide bonds. The largest absolute Gasteiger partial charge is 0.477 e. The minimum atomic E-state index is -0.862. The second kappa shape index (κ2) is 6.89. The predicted octanol–water partition coefficient (Wildman–Crippen LogP) is 3.98. The van der Waals surface area contributed by atoms with Gasteiger partial charge in [-0.05, 0) is 32.6 Å². The fraction of sp³-hybridized carbons (Fsp3) is 0.714. The number of hydrogen-bond donors (Lipinski definition) is 1. The second-order valence-corrected chi connectivity index (χ2v) is 5.85. The van der Waals surface area contributed by atoms with Crippen molar-refractivity contribution in [1.29, 1.82) is 0 Å². The molecule has 1 heterocycles. The van der Waals surface area contributed by atoms with Crippen LogP contribution in [-0.2, 0) is 0 Å². The molecule has 1 aromatic rings. The molecule has 0 radical (unpaired) electrons. The highest BCUT2D eigenvalue weighted by atomic mass is 32.1. The van der Waals surface area contributed by atoms with Crippen molar-refractivity contribution in [3.05, 3.63) is 10.6 Å². The monoisotopic (exact) mass is 284 g/mol. The molecule has 1 aromatic heterocycles. The molecule has 0 fully saturated rings. The summed E-state index contributed by atoms with van der Waals surface area (Å²) in [4.78, 5) is 18.5. The zero-order valence-corrected chi connectivity index (χ0v) is 13.3. The van der Waals surface area contributed by atoms with Crippen LogP contribution in [0.3, 0.4) is 0 Å². The van der Waals surface area contributed by atoms with Gasteiger partial charge in [0.1, 0.15) is 4.88 Å². The second-order valence-electron chi connectivity index (χ2n) is 4.87. The standard InChI is InChI=1S/C14H24N2O2S/c1-6-9(4)11-12(13(17)18)19-14(15-11)16(8-3)10(5)7-2/h9-10H,6-8H2,1-5H3,(H,17,18). The molecule has 0 aliphatic heterocycles. The Morgan fingerprint density at radius 1 is 1.32 bits per heavy atom. The highest BCUT2D eigenvalue weighted by Gasteiger charge is 2.24. The number of carboxylic acid groups (broad SMARTS) is 1. The van der Waals surface area contributed by atoms with E-state index in [1.807, 2.05) is 6.92 Å². The lowest BCUT2D eigenvalue weighted by Crippen LogP contribution is -2.32. The van der Waals surface area contributed by atoms with Crippen molar-refractivity contribution >= 4 is 22.4 Å². The van der Waals surface area contributed by atoms with Crippen molar-refractivity contribution in [3.63, 3.8) is 0 Å². The van der Waals surface area contributed by atoms with E-state index in [-0.39, 0.29) is 5.92 Å². The van der Waals surface area contributed by atoms with Gasteiger partial charge in [-0.1, -0.05) is 32.1 Å². The van der Waals surface area contributed by atoms with Gasteiger partial charge in [-0.25, -0.2) is 9.78 Å². The summed E-state index contributed by atoms with van der Waals surface area (Å²) in [5, 5.41) is 10.2. The van der Waals surface area contributed by atoms with Gasteiger partial charge in [0.25, 0.3) is 0 Å². The van der Waals surface area contributed by atoms with Crippen molar-refractivity contribution in [2.75, 3.05) is 11.4 Å². The lowest BCUT2D eigenvalue weighted by molar-refractivity contribution is 0.0700. The van der Waals surface area contributed by atoms with Gasteiger partial charge < -0.3 is 10.0 Å². The smallest absolute Gasteiger partial charge is 0.347 e. The first-order valence-corrected chi connectivity index (χ1v) is 7.78. The fourth-order valence-corrected chi connectivity index (χ4v) is 3.17. The maximum absolute atomic E-state index is 11.4. The van der Waals surface area contributed by atoms with E-state index in [9.17, 15) is 9.90 Å². The number of anilines is 1. The number of nitrogens with zero attached hydrogens (tertiary/aromatic N) is 2. The minimum Gasteiger partial charge on any atom is -0.477 e. The first-order chi connectivity index (χ1) is 8.96. The molecule has 4 nitrogen and oxygen atoms in total. The maximum Gasteiger partial charge on any atom is 0.347 e. The first-order valence-electron chi connectivity index (χ1n) is 6.96. The molecule has 0 aromatic carbocycles. The molecule has 0 saturated carbocycles. The van der Waals surface area contributed by atoms with Crippen LogP contribution in [0, 0.1) is 0 Å². The molecule has 5 heteroatoms. The summed E-state index contributed by atoms with van der Waals surface area (Å²) in [6, 6.07) is 0.377. The summed E-state index contributed by atoms with van der Waals surface area (Å²) >= 11 is 1.30. The lowest BCUT2D eigenvalue weighted by Gasteiger charge is -2.26. The third-order valence-corrected chi connectivity index (χ3v) is 4.72. The summed E-state index contributed by atoms with van der Waals surface area (Å²) in [7, 11) is 0. The molecular weight excluding hydrogens is 260 g/mol. The third-order valence-electron chi connectivity index (χ3n) is 3.62. The Morgan fingerprint density at radius 2 is 1.95 bits per heavy atom. The average molecular weight is 284 g/mol. The topological polar surface area (TPSA) is 53.4 Å². The van der Waals surface area contributed by atoms with Gasteiger partial charge in [0.2, 0.25) is 0 Å². The zero-order chi connectivity index (χ0) is 14.6. The van der Waals surface area contributed by atoms with Crippen LogP contribution in [0.5, 0.6) is 0 Å². The fourth-order valence-electron chi connectivity index (χ4n) is 1.98. The van der Waals surface area contributed by atoms with Crippen molar-refractivity contribution in [2.45, 2.75) is 59.4 Å². The minimum absolute atomic E-state index is 0.187. The van der Waals surface area contributed by atoms with E-state index >= 15 is 0 Å². The van der Waals surface area contributed by atoms with E-state index < -0.39 is 5.97 Å². The Bertz CT molecular complexity index is 431. The average Bonchev–Trinajstić information content (AvgIpc) is 2.83. The highest BCUT2D eigenvalue weighted by Crippen LogP contribution is 2.33. The quantitative estimate of drug-likeness (QED) is 0.823. The van der Waals surface area contributed by atoms with E-state index in [0.29, 0.717) is 10.9 Å². The molecule has 2 unspecified atom stereocenters. The van der Waals surface area contributed by atoms with Crippen LogP contribution in [0.15, 0.2) is 0 Å². The van der Waals surface area contributed by atoms with Crippen LogP contribution < -0.4 is 4.90 Å². The van der Waals surface area contributed by atoms with Crippen LogP contribution in [0.1, 0.15) is 68.7 Å². The Morgan fingerprint density at radius 3 is 2.37 bits per heavy atom. The Labute approximate surface area is 119 Å². The summed E-state index contributed by atoms with van der Waals surface area (Å²) in [5.41, 5.74) is 0.733. The highest BCUT2D eigenvalue weighted by molar-refractivity contribution is 7.17. The Kier molecular flexibility index (Phi) is 5.79. The van der Waals surface area contributed by atoms with Crippen molar-refractivity contribution < 1.29 is 9.90 Å².